The van der Waals surface area contributed by atoms with Gasteiger partial charge in [0.25, 0.3) is 0 Å². The van der Waals surface area contributed by atoms with E-state index in [0.29, 0.717) is 18.7 Å². The fourth-order valence-corrected chi connectivity index (χ4v) is 2.19. The van der Waals surface area contributed by atoms with Crippen molar-refractivity contribution in [3.8, 4) is 5.69 Å². The summed E-state index contributed by atoms with van der Waals surface area (Å²) in [4.78, 5) is 0. The van der Waals surface area contributed by atoms with Crippen LogP contribution in [0.2, 0.25) is 0 Å². The molecule has 2 N–H and O–H groups in total. The van der Waals surface area contributed by atoms with Crippen LogP contribution in [0.1, 0.15) is 18.5 Å². The molecule has 0 amide bonds. The van der Waals surface area contributed by atoms with E-state index in [-0.39, 0.29) is 13.0 Å². The van der Waals surface area contributed by atoms with Gasteiger partial charge in [-0.05, 0) is 31.5 Å². The molecule has 0 spiro atoms. The highest BCUT2D eigenvalue weighted by atomic mass is 19.1. The zero-order valence-electron chi connectivity index (χ0n) is 11.5. The van der Waals surface area contributed by atoms with Gasteiger partial charge in [-0.3, -0.25) is 0 Å². The Morgan fingerprint density at radius 1 is 1.35 bits per heavy atom. The lowest BCUT2D eigenvalue weighted by atomic mass is 9.96. The first-order valence-corrected chi connectivity index (χ1v) is 6.56. The van der Waals surface area contributed by atoms with Gasteiger partial charge in [-0.1, -0.05) is 23.4 Å². The molecule has 20 heavy (non-hydrogen) atoms. The summed E-state index contributed by atoms with van der Waals surface area (Å²) in [7, 11) is 1.48. The third-order valence-corrected chi connectivity index (χ3v) is 3.16. The lowest BCUT2D eigenvalue weighted by molar-refractivity contribution is 0.0253. The van der Waals surface area contributed by atoms with Crippen LogP contribution in [0.15, 0.2) is 36.5 Å². The summed E-state index contributed by atoms with van der Waals surface area (Å²) in [5.74, 6) is 0. The van der Waals surface area contributed by atoms with E-state index >= 15 is 4.39 Å². The highest BCUT2D eigenvalue weighted by Gasteiger charge is 2.36. The smallest absolute Gasteiger partial charge is 0.177 e. The van der Waals surface area contributed by atoms with Gasteiger partial charge in [-0.25, -0.2) is 9.07 Å². The first kappa shape index (κ1) is 14.6. The van der Waals surface area contributed by atoms with Crippen LogP contribution < -0.4 is 5.73 Å². The summed E-state index contributed by atoms with van der Waals surface area (Å²) in [5.41, 5.74) is 5.00. The Morgan fingerprint density at radius 2 is 2.10 bits per heavy atom. The molecule has 1 atom stereocenters. The molecular formula is C14H19FN4O. The number of nitrogens with two attached hydrogens (primary N) is 1. The Labute approximate surface area is 117 Å². The maximum atomic E-state index is 15.2. The van der Waals surface area contributed by atoms with E-state index in [1.54, 1.807) is 0 Å². The third kappa shape index (κ3) is 3.02. The molecule has 0 radical (unpaired) electrons. The van der Waals surface area contributed by atoms with Crippen LogP contribution in [0, 0.1) is 0 Å². The van der Waals surface area contributed by atoms with Crippen molar-refractivity contribution in [2.24, 2.45) is 5.73 Å². The highest BCUT2D eigenvalue weighted by molar-refractivity contribution is 5.33. The normalized spacial score (nSPS) is 14.2. The quantitative estimate of drug-likeness (QED) is 0.839. The molecule has 0 saturated heterocycles. The van der Waals surface area contributed by atoms with Gasteiger partial charge in [0.15, 0.2) is 5.67 Å². The van der Waals surface area contributed by atoms with E-state index < -0.39 is 5.67 Å². The number of methoxy groups -OCH3 is 1. The summed E-state index contributed by atoms with van der Waals surface area (Å²) >= 11 is 0. The molecule has 6 heteroatoms. The molecule has 0 aliphatic carbocycles. The standard InChI is InChI=1S/C14H19FN4O/c1-20-11-14(15,8-5-9-16)13-10-17-18-19(13)12-6-3-2-4-7-12/h2-4,6-7,10H,5,8-9,11,16H2,1H3. The predicted octanol–water partition coefficient (Wildman–Crippen LogP) is 1.82. The van der Waals surface area contributed by atoms with Crippen molar-refractivity contribution in [1.29, 1.82) is 0 Å². The monoisotopic (exact) mass is 278 g/mol. The topological polar surface area (TPSA) is 66.0 Å². The summed E-state index contributed by atoms with van der Waals surface area (Å²) < 4.78 is 21.8. The van der Waals surface area contributed by atoms with Crippen molar-refractivity contribution in [3.63, 3.8) is 0 Å². The maximum Gasteiger partial charge on any atom is 0.177 e. The van der Waals surface area contributed by atoms with Gasteiger partial charge in [-0.15, -0.1) is 5.10 Å². The molecule has 5 nitrogen and oxygen atoms in total. The molecule has 108 valence electrons. The van der Waals surface area contributed by atoms with Crippen molar-refractivity contribution < 1.29 is 9.13 Å². The van der Waals surface area contributed by atoms with Gasteiger partial charge >= 0.3 is 0 Å². The van der Waals surface area contributed by atoms with E-state index in [9.17, 15) is 0 Å². The fourth-order valence-electron chi connectivity index (χ4n) is 2.19. The number of rotatable bonds is 7. The second kappa shape index (κ2) is 6.58. The Balaban J connectivity index is 2.37. The predicted molar refractivity (Wildman–Crippen MR) is 74.3 cm³/mol. The number of alkyl halides is 1. The van der Waals surface area contributed by atoms with Gasteiger partial charge in [0.2, 0.25) is 0 Å². The molecule has 1 aromatic carbocycles. The number of hydrogen-bond donors (Lipinski definition) is 1. The fraction of sp³-hybridized carbons (Fsp3) is 0.429. The molecule has 0 aliphatic rings. The van der Waals surface area contributed by atoms with Crippen molar-refractivity contribution >= 4 is 0 Å². The van der Waals surface area contributed by atoms with Crippen molar-refractivity contribution in [2.75, 3.05) is 20.3 Å². The van der Waals surface area contributed by atoms with Crippen LogP contribution in [-0.4, -0.2) is 35.3 Å². The van der Waals surface area contributed by atoms with Gasteiger partial charge in [0, 0.05) is 7.11 Å². The molecular weight excluding hydrogens is 259 g/mol. The minimum Gasteiger partial charge on any atom is -0.381 e. The van der Waals surface area contributed by atoms with Crippen molar-refractivity contribution in [3.05, 3.63) is 42.2 Å². The van der Waals surface area contributed by atoms with Crippen molar-refractivity contribution in [1.82, 2.24) is 15.0 Å². The Morgan fingerprint density at radius 3 is 2.75 bits per heavy atom. The number of hydrogen-bond acceptors (Lipinski definition) is 4. The summed E-state index contributed by atoms with van der Waals surface area (Å²) in [6.45, 7) is 0.384. The maximum absolute atomic E-state index is 15.2. The minimum atomic E-state index is -1.65. The van der Waals surface area contributed by atoms with E-state index in [0.717, 1.165) is 5.69 Å². The van der Waals surface area contributed by atoms with Gasteiger partial charge in [0.05, 0.1) is 18.5 Å². The second-order valence-corrected chi connectivity index (χ2v) is 4.66. The van der Waals surface area contributed by atoms with Gasteiger partial charge in [-0.2, -0.15) is 0 Å². The lowest BCUT2D eigenvalue weighted by Gasteiger charge is -2.24. The van der Waals surface area contributed by atoms with Crippen LogP contribution in [0.4, 0.5) is 4.39 Å². The van der Waals surface area contributed by atoms with Crippen LogP contribution in [0.5, 0.6) is 0 Å². The van der Waals surface area contributed by atoms with E-state index in [1.165, 1.54) is 18.0 Å². The van der Waals surface area contributed by atoms with Crippen LogP contribution >= 0.6 is 0 Å². The average molecular weight is 278 g/mol. The molecule has 1 unspecified atom stereocenters. The average Bonchev–Trinajstić information content (AvgIpc) is 2.96. The first-order chi connectivity index (χ1) is 9.71. The number of aromatic nitrogens is 3. The van der Waals surface area contributed by atoms with E-state index in [4.69, 9.17) is 10.5 Å². The molecule has 0 fully saturated rings. The number of ether oxygens (including phenoxy) is 1. The van der Waals surface area contributed by atoms with Crippen molar-refractivity contribution in [2.45, 2.75) is 18.5 Å². The molecule has 1 heterocycles. The second-order valence-electron chi connectivity index (χ2n) is 4.66. The molecule has 1 aromatic heterocycles. The van der Waals surface area contributed by atoms with E-state index in [1.807, 2.05) is 30.3 Å². The Hall–Kier alpha value is -1.79. The Kier molecular flexibility index (Phi) is 4.81. The van der Waals surface area contributed by atoms with Gasteiger partial charge in [0.1, 0.15) is 5.69 Å². The SMILES string of the molecule is COCC(F)(CCCN)c1cnnn1-c1ccccc1. The van der Waals surface area contributed by atoms with Crippen LogP contribution in [0.3, 0.4) is 0 Å². The summed E-state index contributed by atoms with van der Waals surface area (Å²) in [6, 6.07) is 9.35. The number of para-hydroxylation sites is 1. The molecule has 2 rings (SSSR count). The first-order valence-electron chi connectivity index (χ1n) is 6.56. The lowest BCUT2D eigenvalue weighted by Crippen LogP contribution is -2.30. The molecule has 0 saturated carbocycles. The zero-order chi connectivity index (χ0) is 14.4. The number of benzene rings is 1. The zero-order valence-corrected chi connectivity index (χ0v) is 11.5. The largest absolute Gasteiger partial charge is 0.381 e. The Bertz CT molecular complexity index is 531. The third-order valence-electron chi connectivity index (χ3n) is 3.16. The van der Waals surface area contributed by atoms with E-state index in [2.05, 4.69) is 10.3 Å². The number of nitrogens with zero attached hydrogens (tertiary/aromatic N) is 3. The summed E-state index contributed by atoms with van der Waals surface area (Å²) in [6.07, 6.45) is 2.29. The molecule has 0 bridgehead atoms. The van der Waals surface area contributed by atoms with Crippen LogP contribution in [0.25, 0.3) is 5.69 Å². The minimum absolute atomic E-state index is 0.0484. The molecule has 2 aromatic rings. The van der Waals surface area contributed by atoms with Gasteiger partial charge < -0.3 is 10.5 Å². The number of halogens is 1. The van der Waals surface area contributed by atoms with Crippen LogP contribution in [-0.2, 0) is 10.4 Å². The highest BCUT2D eigenvalue weighted by Crippen LogP contribution is 2.32. The summed E-state index contributed by atoms with van der Waals surface area (Å²) in [5, 5.41) is 7.82. The molecule has 0 aliphatic heterocycles.